The number of nitrogens with zero attached hydrogens (tertiary/aromatic N) is 3. The summed E-state index contributed by atoms with van der Waals surface area (Å²) in [7, 11) is -3.09. The molecule has 1 saturated heterocycles. The standard InChI is InChI=1S/C19H23N3O4S/c23-18-11-20-16-7-3-4-8-17(16)21(18)12-19(24)22(14-5-1-2-6-14)15-9-10-27(25,26)13-15/h3-4,7-8,11,14-15H,1-2,5-6,9-10,12-13H2/t15-/m0/s1. The van der Waals surface area contributed by atoms with Gasteiger partial charge in [-0.1, -0.05) is 25.0 Å². The smallest absolute Gasteiger partial charge is 0.269 e. The van der Waals surface area contributed by atoms with Gasteiger partial charge in [0.15, 0.2) is 9.84 Å². The average Bonchev–Trinajstić information content (AvgIpc) is 3.28. The first-order valence-electron chi connectivity index (χ1n) is 9.41. The van der Waals surface area contributed by atoms with E-state index in [2.05, 4.69) is 4.98 Å². The number of rotatable bonds is 4. The molecule has 4 rings (SSSR count). The summed E-state index contributed by atoms with van der Waals surface area (Å²) in [6, 6.07) is 7.00. The topological polar surface area (TPSA) is 89.3 Å². The van der Waals surface area contributed by atoms with E-state index in [1.54, 1.807) is 17.0 Å². The van der Waals surface area contributed by atoms with Gasteiger partial charge in [-0.05, 0) is 31.4 Å². The zero-order chi connectivity index (χ0) is 19.0. The Hall–Kier alpha value is -2.22. The summed E-state index contributed by atoms with van der Waals surface area (Å²) in [4.78, 5) is 31.5. The molecule has 1 amide bonds. The fourth-order valence-corrected chi connectivity index (χ4v) is 6.09. The second-order valence-electron chi connectivity index (χ2n) is 7.47. The van der Waals surface area contributed by atoms with E-state index in [0.717, 1.165) is 25.7 Å². The highest BCUT2D eigenvalue weighted by molar-refractivity contribution is 7.91. The van der Waals surface area contributed by atoms with E-state index in [1.807, 2.05) is 12.1 Å². The average molecular weight is 389 g/mol. The lowest BCUT2D eigenvalue weighted by atomic mass is 10.1. The predicted molar refractivity (Wildman–Crippen MR) is 102 cm³/mol. The lowest BCUT2D eigenvalue weighted by molar-refractivity contribution is -0.136. The van der Waals surface area contributed by atoms with Crippen molar-refractivity contribution in [3.8, 4) is 0 Å². The van der Waals surface area contributed by atoms with Gasteiger partial charge in [0.2, 0.25) is 5.91 Å². The van der Waals surface area contributed by atoms with Gasteiger partial charge in [-0.2, -0.15) is 0 Å². The Bertz CT molecular complexity index is 1020. The summed E-state index contributed by atoms with van der Waals surface area (Å²) in [5.41, 5.74) is 0.942. The van der Waals surface area contributed by atoms with Crippen LogP contribution in [0.2, 0.25) is 0 Å². The fraction of sp³-hybridized carbons (Fsp3) is 0.526. The number of carbonyl (C=O) groups excluding carboxylic acids is 1. The summed E-state index contributed by atoms with van der Waals surface area (Å²) in [5.74, 6) is -0.0180. The summed E-state index contributed by atoms with van der Waals surface area (Å²) in [5, 5.41) is 0. The molecular weight excluding hydrogens is 366 g/mol. The molecule has 1 aliphatic carbocycles. The van der Waals surface area contributed by atoms with E-state index in [1.165, 1.54) is 10.8 Å². The molecule has 7 nitrogen and oxygen atoms in total. The SMILES string of the molecule is O=C(Cn1c(=O)cnc2ccccc21)N(C1CCCC1)[C@H]1CCS(=O)(=O)C1. The molecule has 0 bridgehead atoms. The van der Waals surface area contributed by atoms with Gasteiger partial charge in [-0.3, -0.25) is 14.2 Å². The molecule has 1 aromatic heterocycles. The Morgan fingerprint density at radius 1 is 1.15 bits per heavy atom. The number of fused-ring (bicyclic) bond motifs is 1. The van der Waals surface area contributed by atoms with Gasteiger partial charge in [-0.25, -0.2) is 13.4 Å². The van der Waals surface area contributed by atoms with Crippen molar-refractivity contribution in [2.45, 2.75) is 50.7 Å². The number of sulfone groups is 1. The van der Waals surface area contributed by atoms with Crippen LogP contribution in [-0.2, 0) is 21.2 Å². The molecule has 2 heterocycles. The zero-order valence-corrected chi connectivity index (χ0v) is 15.9. The summed E-state index contributed by atoms with van der Waals surface area (Å²) >= 11 is 0. The van der Waals surface area contributed by atoms with Crippen LogP contribution in [0.5, 0.6) is 0 Å². The van der Waals surface area contributed by atoms with Gasteiger partial charge >= 0.3 is 0 Å². The largest absolute Gasteiger partial charge is 0.334 e. The predicted octanol–water partition coefficient (Wildman–Crippen LogP) is 1.35. The first-order valence-corrected chi connectivity index (χ1v) is 11.2. The van der Waals surface area contributed by atoms with Crippen molar-refractivity contribution in [2.24, 2.45) is 0 Å². The van der Waals surface area contributed by atoms with E-state index in [9.17, 15) is 18.0 Å². The molecule has 1 atom stereocenters. The highest BCUT2D eigenvalue weighted by Gasteiger charge is 2.39. The maximum absolute atomic E-state index is 13.2. The molecule has 1 aliphatic heterocycles. The van der Waals surface area contributed by atoms with Crippen LogP contribution in [0, 0.1) is 0 Å². The third-order valence-electron chi connectivity index (χ3n) is 5.65. The fourth-order valence-electron chi connectivity index (χ4n) is 4.38. The third kappa shape index (κ3) is 3.63. The number of hydrogen-bond acceptors (Lipinski definition) is 5. The van der Waals surface area contributed by atoms with Crippen LogP contribution in [0.1, 0.15) is 32.1 Å². The minimum Gasteiger partial charge on any atom is -0.334 e. The number of benzene rings is 1. The van der Waals surface area contributed by atoms with Crippen molar-refractivity contribution in [1.29, 1.82) is 0 Å². The molecule has 144 valence electrons. The van der Waals surface area contributed by atoms with Gasteiger partial charge in [0, 0.05) is 12.1 Å². The van der Waals surface area contributed by atoms with Crippen molar-refractivity contribution < 1.29 is 13.2 Å². The Morgan fingerprint density at radius 2 is 1.89 bits per heavy atom. The van der Waals surface area contributed by atoms with Gasteiger partial charge < -0.3 is 4.90 Å². The van der Waals surface area contributed by atoms with Crippen molar-refractivity contribution >= 4 is 26.8 Å². The Morgan fingerprint density at radius 3 is 2.59 bits per heavy atom. The third-order valence-corrected chi connectivity index (χ3v) is 7.40. The lowest BCUT2D eigenvalue weighted by Crippen LogP contribution is -2.49. The molecule has 1 saturated carbocycles. The summed E-state index contributed by atoms with van der Waals surface area (Å²) in [6.45, 7) is -0.0884. The van der Waals surface area contributed by atoms with Crippen LogP contribution in [0.4, 0.5) is 0 Å². The first kappa shape index (κ1) is 18.2. The molecule has 0 unspecified atom stereocenters. The number of hydrogen-bond donors (Lipinski definition) is 0. The molecule has 0 radical (unpaired) electrons. The monoisotopic (exact) mass is 389 g/mol. The minimum absolute atomic E-state index is 0.0290. The Balaban J connectivity index is 1.67. The van der Waals surface area contributed by atoms with E-state index < -0.39 is 9.84 Å². The van der Waals surface area contributed by atoms with Gasteiger partial charge in [0.1, 0.15) is 6.54 Å². The quantitative estimate of drug-likeness (QED) is 0.788. The number of aromatic nitrogens is 2. The normalized spacial score (nSPS) is 22.3. The highest BCUT2D eigenvalue weighted by atomic mass is 32.2. The zero-order valence-electron chi connectivity index (χ0n) is 15.1. The molecule has 2 aromatic rings. The maximum Gasteiger partial charge on any atom is 0.269 e. The van der Waals surface area contributed by atoms with Crippen molar-refractivity contribution in [2.75, 3.05) is 11.5 Å². The van der Waals surface area contributed by atoms with Crippen LogP contribution in [0.25, 0.3) is 11.0 Å². The molecule has 27 heavy (non-hydrogen) atoms. The number of amides is 1. The number of carbonyl (C=O) groups is 1. The number of para-hydroxylation sites is 2. The molecule has 2 fully saturated rings. The summed E-state index contributed by atoms with van der Waals surface area (Å²) in [6.07, 6.45) is 5.60. The Kier molecular flexibility index (Phi) is 4.75. The molecular formula is C19H23N3O4S. The van der Waals surface area contributed by atoms with E-state index in [0.29, 0.717) is 17.5 Å². The highest BCUT2D eigenvalue weighted by Crippen LogP contribution is 2.29. The second-order valence-corrected chi connectivity index (χ2v) is 9.70. The minimum atomic E-state index is -3.09. The van der Waals surface area contributed by atoms with Gasteiger partial charge in [0.05, 0.1) is 28.7 Å². The molecule has 0 N–H and O–H groups in total. The van der Waals surface area contributed by atoms with Crippen molar-refractivity contribution in [3.05, 3.63) is 40.8 Å². The van der Waals surface area contributed by atoms with Crippen LogP contribution in [0.3, 0.4) is 0 Å². The van der Waals surface area contributed by atoms with Crippen LogP contribution in [-0.4, -0.2) is 52.4 Å². The molecule has 2 aliphatic rings. The molecule has 8 heteroatoms. The first-order chi connectivity index (χ1) is 12.9. The molecule has 1 aromatic carbocycles. The van der Waals surface area contributed by atoms with Gasteiger partial charge in [0.25, 0.3) is 5.56 Å². The summed E-state index contributed by atoms with van der Waals surface area (Å²) < 4.78 is 25.4. The van der Waals surface area contributed by atoms with Gasteiger partial charge in [-0.15, -0.1) is 0 Å². The van der Waals surface area contributed by atoms with Crippen LogP contribution >= 0.6 is 0 Å². The van der Waals surface area contributed by atoms with E-state index >= 15 is 0 Å². The second kappa shape index (κ2) is 7.07. The van der Waals surface area contributed by atoms with Crippen molar-refractivity contribution in [3.63, 3.8) is 0 Å². The molecule has 0 spiro atoms. The maximum atomic E-state index is 13.2. The van der Waals surface area contributed by atoms with E-state index in [-0.39, 0.29) is 41.6 Å². The Labute approximate surface area is 157 Å². The van der Waals surface area contributed by atoms with E-state index in [4.69, 9.17) is 0 Å². The van der Waals surface area contributed by atoms with Crippen molar-refractivity contribution in [1.82, 2.24) is 14.5 Å². The lowest BCUT2D eigenvalue weighted by Gasteiger charge is -2.34. The van der Waals surface area contributed by atoms with Crippen LogP contribution < -0.4 is 5.56 Å². The van der Waals surface area contributed by atoms with Crippen LogP contribution in [0.15, 0.2) is 35.3 Å².